The van der Waals surface area contributed by atoms with Gasteiger partial charge in [0.1, 0.15) is 0 Å². The Bertz CT molecular complexity index is 1060. The molecule has 3 aliphatic rings. The van der Waals surface area contributed by atoms with Gasteiger partial charge in [0.15, 0.2) is 0 Å². The lowest BCUT2D eigenvalue weighted by molar-refractivity contribution is -0.122. The summed E-state index contributed by atoms with van der Waals surface area (Å²) in [5.41, 5.74) is 6.77. The SMILES string of the molecule is CCN1CCN(c2ccc(NC(=O)C3CC(=O)N(c4ccc5c(c4)CCC5)C3)c(C)c2)CC1. The van der Waals surface area contributed by atoms with Crippen LogP contribution in [-0.4, -0.2) is 56.0 Å². The summed E-state index contributed by atoms with van der Waals surface area (Å²) in [7, 11) is 0. The smallest absolute Gasteiger partial charge is 0.229 e. The highest BCUT2D eigenvalue weighted by Crippen LogP contribution is 2.31. The number of amides is 2. The van der Waals surface area contributed by atoms with Crippen molar-refractivity contribution in [2.24, 2.45) is 5.92 Å². The molecule has 6 nitrogen and oxygen atoms in total. The highest BCUT2D eigenvalue weighted by molar-refractivity contribution is 6.03. The van der Waals surface area contributed by atoms with Gasteiger partial charge in [-0.1, -0.05) is 13.0 Å². The molecule has 1 atom stereocenters. The second-order valence-electron chi connectivity index (χ2n) is 9.62. The molecule has 174 valence electrons. The number of hydrogen-bond donors (Lipinski definition) is 1. The van der Waals surface area contributed by atoms with Crippen LogP contribution in [0.4, 0.5) is 17.1 Å². The van der Waals surface area contributed by atoms with E-state index in [-0.39, 0.29) is 24.2 Å². The molecule has 2 fully saturated rings. The number of likely N-dealkylation sites (N-methyl/N-ethyl adjacent to an activating group) is 1. The van der Waals surface area contributed by atoms with E-state index in [4.69, 9.17) is 0 Å². The topological polar surface area (TPSA) is 55.9 Å². The zero-order valence-corrected chi connectivity index (χ0v) is 19.8. The van der Waals surface area contributed by atoms with Gasteiger partial charge in [-0.3, -0.25) is 9.59 Å². The molecule has 5 rings (SSSR count). The number of hydrogen-bond acceptors (Lipinski definition) is 4. The van der Waals surface area contributed by atoms with E-state index in [9.17, 15) is 9.59 Å². The van der Waals surface area contributed by atoms with E-state index in [1.54, 1.807) is 4.90 Å². The number of piperazine rings is 1. The summed E-state index contributed by atoms with van der Waals surface area (Å²) in [4.78, 5) is 32.4. The molecule has 6 heteroatoms. The summed E-state index contributed by atoms with van der Waals surface area (Å²) in [5, 5.41) is 3.09. The van der Waals surface area contributed by atoms with Crippen molar-refractivity contribution in [2.75, 3.05) is 54.4 Å². The molecule has 2 aromatic carbocycles. The van der Waals surface area contributed by atoms with E-state index in [2.05, 4.69) is 46.3 Å². The number of nitrogens with zero attached hydrogens (tertiary/aromatic N) is 3. The van der Waals surface area contributed by atoms with Crippen LogP contribution in [0.3, 0.4) is 0 Å². The molecule has 33 heavy (non-hydrogen) atoms. The van der Waals surface area contributed by atoms with Crippen molar-refractivity contribution in [3.05, 3.63) is 53.1 Å². The molecule has 0 bridgehead atoms. The lowest BCUT2D eigenvalue weighted by Gasteiger charge is -2.35. The van der Waals surface area contributed by atoms with Crippen LogP contribution in [0.15, 0.2) is 36.4 Å². The molecule has 2 heterocycles. The van der Waals surface area contributed by atoms with E-state index in [1.807, 2.05) is 19.1 Å². The van der Waals surface area contributed by atoms with E-state index in [0.29, 0.717) is 6.54 Å². The third-order valence-electron chi connectivity index (χ3n) is 7.54. The Hall–Kier alpha value is -2.86. The molecule has 0 saturated carbocycles. The van der Waals surface area contributed by atoms with E-state index < -0.39 is 0 Å². The van der Waals surface area contributed by atoms with Crippen LogP contribution >= 0.6 is 0 Å². The van der Waals surface area contributed by atoms with Gasteiger partial charge in [0.2, 0.25) is 11.8 Å². The molecular weight excluding hydrogens is 412 g/mol. The van der Waals surface area contributed by atoms with Crippen LogP contribution in [0.2, 0.25) is 0 Å². The summed E-state index contributed by atoms with van der Waals surface area (Å²) >= 11 is 0. The van der Waals surface area contributed by atoms with Crippen molar-refractivity contribution >= 4 is 28.9 Å². The number of rotatable bonds is 5. The lowest BCUT2D eigenvalue weighted by Crippen LogP contribution is -2.46. The van der Waals surface area contributed by atoms with Gasteiger partial charge in [-0.15, -0.1) is 0 Å². The number of carbonyl (C=O) groups excluding carboxylic acids is 2. The van der Waals surface area contributed by atoms with Gasteiger partial charge in [-0.2, -0.15) is 0 Å². The second-order valence-corrected chi connectivity index (χ2v) is 9.62. The lowest BCUT2D eigenvalue weighted by atomic mass is 10.1. The summed E-state index contributed by atoms with van der Waals surface area (Å²) in [6, 6.07) is 12.6. The van der Waals surface area contributed by atoms with Crippen LogP contribution in [-0.2, 0) is 22.4 Å². The molecule has 2 saturated heterocycles. The Morgan fingerprint density at radius 1 is 1.00 bits per heavy atom. The average molecular weight is 447 g/mol. The maximum Gasteiger partial charge on any atom is 0.229 e. The minimum atomic E-state index is -0.327. The maximum atomic E-state index is 13.0. The number of benzene rings is 2. The number of nitrogens with one attached hydrogen (secondary N) is 1. The van der Waals surface area contributed by atoms with Crippen LogP contribution in [0.1, 0.15) is 36.5 Å². The summed E-state index contributed by atoms with van der Waals surface area (Å²) in [6.07, 6.45) is 3.66. The number of aryl methyl sites for hydroxylation is 3. The van der Waals surface area contributed by atoms with Crippen LogP contribution in [0, 0.1) is 12.8 Å². The fraction of sp³-hybridized carbons (Fsp3) is 0.481. The Morgan fingerprint density at radius 3 is 2.52 bits per heavy atom. The first-order valence-corrected chi connectivity index (χ1v) is 12.3. The number of carbonyl (C=O) groups is 2. The molecule has 0 aromatic heterocycles. The normalized spacial score (nSPS) is 20.9. The van der Waals surface area contributed by atoms with Crippen LogP contribution in [0.5, 0.6) is 0 Å². The molecule has 0 radical (unpaired) electrons. The molecule has 0 spiro atoms. The molecule has 1 N–H and O–H groups in total. The highest BCUT2D eigenvalue weighted by Gasteiger charge is 2.35. The predicted molar refractivity (Wildman–Crippen MR) is 133 cm³/mol. The summed E-state index contributed by atoms with van der Waals surface area (Å²) in [5.74, 6) is -0.363. The quantitative estimate of drug-likeness (QED) is 0.762. The first kappa shape index (κ1) is 22.0. The summed E-state index contributed by atoms with van der Waals surface area (Å²) < 4.78 is 0. The van der Waals surface area contributed by atoms with Gasteiger partial charge in [0.25, 0.3) is 0 Å². The van der Waals surface area contributed by atoms with Crippen molar-refractivity contribution < 1.29 is 9.59 Å². The van der Waals surface area contributed by atoms with Crippen LogP contribution in [0.25, 0.3) is 0 Å². The Labute approximate surface area is 196 Å². The van der Waals surface area contributed by atoms with Crippen molar-refractivity contribution in [1.82, 2.24) is 4.90 Å². The van der Waals surface area contributed by atoms with E-state index in [1.165, 1.54) is 23.2 Å². The van der Waals surface area contributed by atoms with Gasteiger partial charge >= 0.3 is 0 Å². The fourth-order valence-electron chi connectivity index (χ4n) is 5.40. The zero-order valence-electron chi connectivity index (χ0n) is 19.8. The van der Waals surface area contributed by atoms with Gasteiger partial charge in [-0.25, -0.2) is 0 Å². The highest BCUT2D eigenvalue weighted by atomic mass is 16.2. The monoisotopic (exact) mass is 446 g/mol. The van der Waals surface area contributed by atoms with E-state index in [0.717, 1.165) is 62.5 Å². The largest absolute Gasteiger partial charge is 0.369 e. The van der Waals surface area contributed by atoms with E-state index >= 15 is 0 Å². The van der Waals surface area contributed by atoms with Gasteiger partial charge in [0, 0.05) is 56.2 Å². The zero-order chi connectivity index (χ0) is 22.9. The molecule has 1 aliphatic carbocycles. The molecule has 2 amide bonds. The molecule has 1 unspecified atom stereocenters. The second kappa shape index (κ2) is 9.18. The van der Waals surface area contributed by atoms with Gasteiger partial charge in [0.05, 0.1) is 5.92 Å². The number of fused-ring (bicyclic) bond motifs is 1. The van der Waals surface area contributed by atoms with Crippen molar-refractivity contribution in [2.45, 2.75) is 39.5 Å². The molecule has 2 aliphatic heterocycles. The van der Waals surface area contributed by atoms with Crippen molar-refractivity contribution in [3.63, 3.8) is 0 Å². The molecule has 2 aromatic rings. The minimum Gasteiger partial charge on any atom is -0.369 e. The summed E-state index contributed by atoms with van der Waals surface area (Å²) in [6.45, 7) is 10.0. The average Bonchev–Trinajstić information content (AvgIpc) is 3.46. The predicted octanol–water partition coefficient (Wildman–Crippen LogP) is 3.62. The van der Waals surface area contributed by atoms with Crippen molar-refractivity contribution in [1.29, 1.82) is 0 Å². The Balaban J connectivity index is 1.22. The van der Waals surface area contributed by atoms with Gasteiger partial charge in [-0.05, 0) is 79.8 Å². The Morgan fingerprint density at radius 2 is 1.76 bits per heavy atom. The Kier molecular flexibility index (Phi) is 6.11. The fourth-order valence-corrected chi connectivity index (χ4v) is 5.40. The number of anilines is 3. The van der Waals surface area contributed by atoms with Gasteiger partial charge < -0.3 is 20.0 Å². The molecular formula is C27H34N4O2. The minimum absolute atomic E-state index is 0.0337. The van der Waals surface area contributed by atoms with Crippen LogP contribution < -0.4 is 15.1 Å². The van der Waals surface area contributed by atoms with Crippen molar-refractivity contribution in [3.8, 4) is 0 Å². The third-order valence-corrected chi connectivity index (χ3v) is 7.54. The maximum absolute atomic E-state index is 13.0. The first-order chi connectivity index (χ1) is 16.0. The standard InChI is InChI=1S/C27H34N4O2/c1-3-29-11-13-30(14-12-29)23-9-10-25(19(2)15-23)28-27(33)22-17-26(32)31(18-22)24-8-7-20-5-4-6-21(20)16-24/h7-10,15-16,22H,3-6,11-14,17-18H2,1-2H3,(H,28,33). The first-order valence-electron chi connectivity index (χ1n) is 12.3. The third kappa shape index (κ3) is 4.49.